The largest absolute Gasteiger partial charge is 0.385 e. The summed E-state index contributed by atoms with van der Waals surface area (Å²) in [4.78, 5) is 0.348. The third-order valence-electron chi connectivity index (χ3n) is 4.17. The zero-order valence-electron chi connectivity index (χ0n) is 12.4. The first-order chi connectivity index (χ1) is 9.44. The molecule has 0 saturated heterocycles. The fraction of sp³-hybridized carbons (Fsp3) is 0.600. The van der Waals surface area contributed by atoms with Crippen molar-refractivity contribution in [2.45, 2.75) is 51.0 Å². The summed E-state index contributed by atoms with van der Waals surface area (Å²) in [5.74, 6) is 0.320. The summed E-state index contributed by atoms with van der Waals surface area (Å²) in [6.07, 6.45) is 3.07. The minimum Gasteiger partial charge on any atom is -0.385 e. The summed E-state index contributed by atoms with van der Waals surface area (Å²) in [7, 11) is -3.44. The van der Waals surface area contributed by atoms with Gasteiger partial charge in [0.1, 0.15) is 0 Å². The van der Waals surface area contributed by atoms with Gasteiger partial charge >= 0.3 is 0 Å². The van der Waals surface area contributed by atoms with Crippen LogP contribution in [0.3, 0.4) is 0 Å². The molecule has 112 valence electrons. The highest BCUT2D eigenvalue weighted by Gasteiger charge is 2.21. The van der Waals surface area contributed by atoms with Crippen LogP contribution in [-0.2, 0) is 16.4 Å². The van der Waals surface area contributed by atoms with Crippen molar-refractivity contribution in [1.29, 1.82) is 0 Å². The first kappa shape index (κ1) is 15.3. The van der Waals surface area contributed by atoms with Crippen LogP contribution >= 0.6 is 0 Å². The Morgan fingerprint density at radius 3 is 2.80 bits per heavy atom. The fourth-order valence-electron chi connectivity index (χ4n) is 2.39. The summed E-state index contributed by atoms with van der Waals surface area (Å²) >= 11 is 0. The molecule has 0 radical (unpaired) electrons. The minimum atomic E-state index is -3.44. The monoisotopic (exact) mass is 296 g/mol. The lowest BCUT2D eigenvalue weighted by Crippen LogP contribution is -2.36. The molecular formula is C15H24N2O2S. The number of fused-ring (bicyclic) bond motifs is 1. The van der Waals surface area contributed by atoms with E-state index in [4.69, 9.17) is 0 Å². The Morgan fingerprint density at radius 2 is 2.10 bits per heavy atom. The highest BCUT2D eigenvalue weighted by Crippen LogP contribution is 2.25. The first-order valence-electron chi connectivity index (χ1n) is 7.33. The van der Waals surface area contributed by atoms with E-state index < -0.39 is 10.0 Å². The topological polar surface area (TPSA) is 58.2 Å². The normalized spacial score (nSPS) is 17.9. The molecule has 0 aliphatic carbocycles. The molecule has 1 heterocycles. The van der Waals surface area contributed by atoms with Crippen molar-refractivity contribution in [2.75, 3.05) is 11.9 Å². The van der Waals surface area contributed by atoms with Gasteiger partial charge in [-0.15, -0.1) is 0 Å². The van der Waals surface area contributed by atoms with Crippen LogP contribution in [0.25, 0.3) is 0 Å². The van der Waals surface area contributed by atoms with Gasteiger partial charge in [0, 0.05) is 18.3 Å². The van der Waals surface area contributed by atoms with E-state index in [1.165, 1.54) is 5.56 Å². The van der Waals surface area contributed by atoms with E-state index in [1.807, 2.05) is 13.0 Å². The van der Waals surface area contributed by atoms with Gasteiger partial charge < -0.3 is 5.32 Å². The van der Waals surface area contributed by atoms with Gasteiger partial charge in [-0.05, 0) is 43.4 Å². The van der Waals surface area contributed by atoms with E-state index in [0.29, 0.717) is 10.8 Å². The predicted octanol–water partition coefficient (Wildman–Crippen LogP) is 2.76. The van der Waals surface area contributed by atoms with E-state index in [1.54, 1.807) is 12.1 Å². The zero-order chi connectivity index (χ0) is 14.8. The summed E-state index contributed by atoms with van der Waals surface area (Å²) < 4.78 is 27.6. The zero-order valence-corrected chi connectivity index (χ0v) is 13.3. The molecular weight excluding hydrogens is 272 g/mol. The van der Waals surface area contributed by atoms with Gasteiger partial charge in [-0.2, -0.15) is 0 Å². The van der Waals surface area contributed by atoms with Gasteiger partial charge in [-0.1, -0.05) is 26.3 Å². The molecule has 0 bridgehead atoms. The third kappa shape index (κ3) is 3.33. The van der Waals surface area contributed by atoms with Crippen LogP contribution < -0.4 is 10.0 Å². The summed E-state index contributed by atoms with van der Waals surface area (Å²) in [5, 5.41) is 3.27. The number of benzene rings is 1. The molecule has 0 fully saturated rings. The lowest BCUT2D eigenvalue weighted by molar-refractivity contribution is 0.434. The fourth-order valence-corrected chi connectivity index (χ4v) is 3.77. The number of anilines is 1. The number of aryl methyl sites for hydroxylation is 1. The van der Waals surface area contributed by atoms with E-state index in [9.17, 15) is 8.42 Å². The van der Waals surface area contributed by atoms with E-state index >= 15 is 0 Å². The van der Waals surface area contributed by atoms with Crippen LogP contribution in [-0.4, -0.2) is 21.0 Å². The quantitative estimate of drug-likeness (QED) is 0.878. The molecule has 5 heteroatoms. The number of sulfonamides is 1. The second-order valence-electron chi connectivity index (χ2n) is 5.64. The van der Waals surface area contributed by atoms with Crippen LogP contribution in [0.5, 0.6) is 0 Å². The van der Waals surface area contributed by atoms with Gasteiger partial charge in [0.05, 0.1) is 4.90 Å². The molecule has 1 aliphatic rings. The van der Waals surface area contributed by atoms with Crippen molar-refractivity contribution in [3.63, 3.8) is 0 Å². The predicted molar refractivity (Wildman–Crippen MR) is 82.5 cm³/mol. The lowest BCUT2D eigenvalue weighted by atomic mass is 10.0. The molecule has 0 spiro atoms. The first-order valence-corrected chi connectivity index (χ1v) is 8.81. The molecule has 0 amide bonds. The molecule has 2 rings (SSSR count). The SMILES string of the molecule is CCC(C)C(C)NS(=O)(=O)c1ccc2c(c1)NCCC2. The Labute approximate surface area is 122 Å². The molecule has 1 aromatic carbocycles. The Morgan fingerprint density at radius 1 is 1.35 bits per heavy atom. The maximum atomic E-state index is 12.4. The summed E-state index contributed by atoms with van der Waals surface area (Å²) in [6, 6.07) is 5.32. The van der Waals surface area contributed by atoms with E-state index in [2.05, 4.69) is 23.9 Å². The summed E-state index contributed by atoms with van der Waals surface area (Å²) in [5.41, 5.74) is 2.15. The number of hydrogen-bond acceptors (Lipinski definition) is 3. The molecule has 1 aromatic rings. The van der Waals surface area contributed by atoms with Crippen molar-refractivity contribution in [3.05, 3.63) is 23.8 Å². The number of nitrogens with one attached hydrogen (secondary N) is 2. The smallest absolute Gasteiger partial charge is 0.240 e. The lowest BCUT2D eigenvalue weighted by Gasteiger charge is -2.22. The second-order valence-corrected chi connectivity index (χ2v) is 7.36. The molecule has 2 atom stereocenters. The standard InChI is InChI=1S/C15H24N2O2S/c1-4-11(2)12(3)17-20(18,19)14-8-7-13-6-5-9-16-15(13)10-14/h7-8,10-12,16-17H,4-6,9H2,1-3H3. The maximum absolute atomic E-state index is 12.4. The Balaban J connectivity index is 2.21. The Hall–Kier alpha value is -1.07. The second kappa shape index (κ2) is 6.14. The Bertz CT molecular complexity index is 569. The molecule has 2 N–H and O–H groups in total. The van der Waals surface area contributed by atoms with Gasteiger partial charge in [-0.25, -0.2) is 13.1 Å². The van der Waals surface area contributed by atoms with Gasteiger partial charge in [0.15, 0.2) is 0 Å². The van der Waals surface area contributed by atoms with Crippen molar-refractivity contribution < 1.29 is 8.42 Å². The third-order valence-corrected chi connectivity index (χ3v) is 5.73. The molecule has 20 heavy (non-hydrogen) atoms. The molecule has 1 aliphatic heterocycles. The van der Waals surface area contributed by atoms with Crippen LogP contribution in [0.2, 0.25) is 0 Å². The highest BCUT2D eigenvalue weighted by molar-refractivity contribution is 7.89. The molecule has 4 nitrogen and oxygen atoms in total. The van der Waals surface area contributed by atoms with Crippen molar-refractivity contribution >= 4 is 15.7 Å². The van der Waals surface area contributed by atoms with E-state index in [-0.39, 0.29) is 6.04 Å². The van der Waals surface area contributed by atoms with Crippen LogP contribution in [0.15, 0.2) is 23.1 Å². The molecule has 0 saturated carbocycles. The van der Waals surface area contributed by atoms with Crippen LogP contribution in [0, 0.1) is 5.92 Å². The van der Waals surface area contributed by atoms with Crippen molar-refractivity contribution in [3.8, 4) is 0 Å². The molecule has 0 aromatic heterocycles. The van der Waals surface area contributed by atoms with Crippen LogP contribution in [0.4, 0.5) is 5.69 Å². The van der Waals surface area contributed by atoms with Crippen LogP contribution in [0.1, 0.15) is 39.2 Å². The average Bonchev–Trinajstić information content (AvgIpc) is 2.45. The number of rotatable bonds is 5. The van der Waals surface area contributed by atoms with Gasteiger partial charge in [0.25, 0.3) is 0 Å². The molecule has 2 unspecified atom stereocenters. The van der Waals surface area contributed by atoms with E-state index in [0.717, 1.165) is 31.5 Å². The van der Waals surface area contributed by atoms with Gasteiger partial charge in [0.2, 0.25) is 10.0 Å². The van der Waals surface area contributed by atoms with Gasteiger partial charge in [-0.3, -0.25) is 0 Å². The van der Waals surface area contributed by atoms with Crippen molar-refractivity contribution in [2.24, 2.45) is 5.92 Å². The summed E-state index contributed by atoms with van der Waals surface area (Å²) in [6.45, 7) is 6.95. The maximum Gasteiger partial charge on any atom is 0.240 e. The highest BCUT2D eigenvalue weighted by atomic mass is 32.2. The minimum absolute atomic E-state index is 0.0611. The average molecular weight is 296 g/mol. The Kier molecular flexibility index (Phi) is 4.70. The van der Waals surface area contributed by atoms with Crippen molar-refractivity contribution in [1.82, 2.24) is 4.72 Å². The number of hydrogen-bond donors (Lipinski definition) is 2.